The van der Waals surface area contributed by atoms with E-state index in [0.717, 1.165) is 4.31 Å². The van der Waals surface area contributed by atoms with Gasteiger partial charge in [0.05, 0.1) is 31.1 Å². The van der Waals surface area contributed by atoms with Crippen LogP contribution in [0.1, 0.15) is 48.8 Å². The Labute approximate surface area is 225 Å². The van der Waals surface area contributed by atoms with Crippen molar-refractivity contribution >= 4 is 27.5 Å². The lowest BCUT2D eigenvalue weighted by atomic mass is 10.0. The van der Waals surface area contributed by atoms with E-state index in [1.54, 1.807) is 43.1 Å². The van der Waals surface area contributed by atoms with Crippen molar-refractivity contribution in [1.82, 2.24) is 18.4 Å². The number of amides is 1. The maximum absolute atomic E-state index is 14.9. The number of imidazole rings is 1. The van der Waals surface area contributed by atoms with Gasteiger partial charge in [0.1, 0.15) is 35.2 Å². The summed E-state index contributed by atoms with van der Waals surface area (Å²) >= 11 is 0. The Morgan fingerprint density at radius 3 is 2.77 bits per heavy atom. The fourth-order valence-corrected chi connectivity index (χ4v) is 6.29. The molecule has 0 saturated carbocycles. The zero-order valence-corrected chi connectivity index (χ0v) is 22.5. The van der Waals surface area contributed by atoms with E-state index >= 15 is 0 Å². The molecule has 2 aromatic heterocycles. The van der Waals surface area contributed by atoms with E-state index in [2.05, 4.69) is 9.71 Å². The number of alkyl halides is 1. The van der Waals surface area contributed by atoms with Gasteiger partial charge in [-0.05, 0) is 30.3 Å². The van der Waals surface area contributed by atoms with E-state index in [0.29, 0.717) is 42.3 Å². The highest BCUT2D eigenvalue weighted by Crippen LogP contribution is 2.42. The number of aromatic nitrogens is 2. The number of rotatable bonds is 9. The molecule has 3 atom stereocenters. The van der Waals surface area contributed by atoms with Gasteiger partial charge < -0.3 is 14.4 Å². The van der Waals surface area contributed by atoms with Crippen LogP contribution < -0.4 is 14.4 Å². The molecule has 2 aliphatic heterocycles. The molecule has 13 heteroatoms. The van der Waals surface area contributed by atoms with Crippen LogP contribution in [0.5, 0.6) is 5.75 Å². The molecule has 2 fully saturated rings. The summed E-state index contributed by atoms with van der Waals surface area (Å²) in [4.78, 5) is 19.0. The summed E-state index contributed by atoms with van der Waals surface area (Å²) in [6.45, 7) is 4.83. The van der Waals surface area contributed by atoms with Gasteiger partial charge in [-0.1, -0.05) is 13.8 Å². The molecule has 0 bridgehead atoms. The lowest BCUT2D eigenvalue weighted by Crippen LogP contribution is -2.43. The Kier molecular flexibility index (Phi) is 7.74. The van der Waals surface area contributed by atoms with E-state index in [4.69, 9.17) is 9.47 Å². The number of hydrogen-bond donors (Lipinski definition) is 1. The molecular weight excluding hydrogens is 532 g/mol. The zero-order chi connectivity index (χ0) is 27.7. The molecule has 210 valence electrons. The van der Waals surface area contributed by atoms with E-state index in [9.17, 15) is 22.0 Å². The van der Waals surface area contributed by atoms with Crippen molar-refractivity contribution in [2.24, 2.45) is 0 Å². The topological polar surface area (TPSA) is 105 Å². The molecule has 1 aromatic carbocycles. The molecule has 39 heavy (non-hydrogen) atoms. The van der Waals surface area contributed by atoms with Crippen LogP contribution in [0.2, 0.25) is 0 Å². The maximum atomic E-state index is 14.9. The second-order valence-electron chi connectivity index (χ2n) is 9.57. The van der Waals surface area contributed by atoms with Crippen molar-refractivity contribution in [2.75, 3.05) is 37.7 Å². The minimum atomic E-state index is -4.04. The summed E-state index contributed by atoms with van der Waals surface area (Å²) in [5.74, 6) is -0.824. The quantitative estimate of drug-likeness (QED) is 0.426. The highest BCUT2D eigenvalue weighted by Gasteiger charge is 2.36. The number of fused-ring (bicyclic) bond motifs is 1. The van der Waals surface area contributed by atoms with Crippen LogP contribution in [-0.2, 0) is 14.9 Å². The van der Waals surface area contributed by atoms with Crippen LogP contribution in [0.3, 0.4) is 0 Å². The third-order valence-corrected chi connectivity index (χ3v) is 8.72. The first kappa shape index (κ1) is 27.3. The first-order valence-electron chi connectivity index (χ1n) is 12.9. The summed E-state index contributed by atoms with van der Waals surface area (Å²) in [5, 5.41) is 0. The van der Waals surface area contributed by atoms with Crippen molar-refractivity contribution in [1.29, 1.82) is 0 Å². The number of ether oxygens (including phenoxy) is 2. The number of anilines is 1. The predicted octanol–water partition coefficient (Wildman–Crippen LogP) is 3.25. The number of nitrogens with zero attached hydrogens (tertiary/aromatic N) is 4. The first-order valence-corrected chi connectivity index (χ1v) is 14.4. The molecule has 1 amide bonds. The molecule has 2 aliphatic rings. The molecule has 2 saturated heterocycles. The Bertz CT molecular complexity index is 1460. The molecule has 0 spiro atoms. The Morgan fingerprint density at radius 2 is 2.05 bits per heavy atom. The second-order valence-corrected chi connectivity index (χ2v) is 11.2. The van der Waals surface area contributed by atoms with E-state index in [1.807, 2.05) is 0 Å². The highest BCUT2D eigenvalue weighted by atomic mass is 32.2. The molecule has 0 radical (unpaired) electrons. The van der Waals surface area contributed by atoms with Crippen molar-refractivity contribution < 1.29 is 31.5 Å². The third-order valence-electron chi connectivity index (χ3n) is 7.08. The standard InChI is InChI=1S/C26H31F2N5O5S/c1-3-31(4-2)39(35,36)30-26(34)23-13-29-25-8-6-19(15-33(23)25)32-14-18(28)12-22(32)21-11-17(27)5-7-24(21)38-20-9-10-37-16-20/h5-8,11,13,15,18,20,22H,3-4,9-10,12,14,16H2,1-2H3,(H,30,34)/t18-,20?,22+/m0/s1. The lowest BCUT2D eigenvalue weighted by molar-refractivity contribution is 0.0973. The van der Waals surface area contributed by atoms with Crippen molar-refractivity contribution in [2.45, 2.75) is 45.0 Å². The molecule has 1 unspecified atom stereocenters. The molecule has 3 aromatic rings. The van der Waals surface area contributed by atoms with Gasteiger partial charge in [-0.2, -0.15) is 12.7 Å². The number of halogens is 2. The van der Waals surface area contributed by atoms with Gasteiger partial charge >= 0.3 is 10.2 Å². The SMILES string of the molecule is CCN(CC)S(=O)(=O)NC(=O)c1cnc2ccc(N3C[C@@H](F)C[C@@H]3c3cc(F)ccc3OC3CCOC3)cn12. The maximum Gasteiger partial charge on any atom is 0.304 e. The molecule has 10 nitrogen and oxygen atoms in total. The smallest absolute Gasteiger partial charge is 0.304 e. The van der Waals surface area contributed by atoms with Crippen LogP contribution in [0.15, 0.2) is 42.7 Å². The minimum Gasteiger partial charge on any atom is -0.488 e. The number of carbonyl (C=O) groups is 1. The monoisotopic (exact) mass is 563 g/mol. The molecule has 4 heterocycles. The average molecular weight is 564 g/mol. The molecule has 1 N–H and O–H groups in total. The first-order chi connectivity index (χ1) is 18.7. The van der Waals surface area contributed by atoms with Crippen LogP contribution >= 0.6 is 0 Å². The fourth-order valence-electron chi connectivity index (χ4n) is 5.14. The average Bonchev–Trinajstić information content (AvgIpc) is 3.65. The summed E-state index contributed by atoms with van der Waals surface area (Å²) in [6.07, 6.45) is 2.38. The Balaban J connectivity index is 1.47. The van der Waals surface area contributed by atoms with E-state index in [-0.39, 0.29) is 37.9 Å². The van der Waals surface area contributed by atoms with Gasteiger partial charge in [0, 0.05) is 44.2 Å². The van der Waals surface area contributed by atoms with Crippen LogP contribution in [0.4, 0.5) is 14.5 Å². The normalized spacial score (nSPS) is 21.7. The van der Waals surface area contributed by atoms with Gasteiger partial charge in [-0.15, -0.1) is 0 Å². The van der Waals surface area contributed by atoms with Crippen molar-refractivity contribution in [3.63, 3.8) is 0 Å². The zero-order valence-electron chi connectivity index (χ0n) is 21.7. The fraction of sp³-hybridized carbons (Fsp3) is 0.462. The summed E-state index contributed by atoms with van der Waals surface area (Å²) in [5.41, 5.74) is 1.50. The number of hydrogen-bond acceptors (Lipinski definition) is 7. The van der Waals surface area contributed by atoms with Gasteiger partial charge in [-0.3, -0.25) is 9.20 Å². The van der Waals surface area contributed by atoms with Crippen LogP contribution in [0.25, 0.3) is 5.65 Å². The largest absolute Gasteiger partial charge is 0.488 e. The molecule has 5 rings (SSSR count). The van der Waals surface area contributed by atoms with Crippen molar-refractivity contribution in [3.05, 3.63) is 59.8 Å². The second kappa shape index (κ2) is 11.1. The van der Waals surface area contributed by atoms with Gasteiger partial charge in [0.15, 0.2) is 0 Å². The number of pyridine rings is 1. The third kappa shape index (κ3) is 5.56. The predicted molar refractivity (Wildman–Crippen MR) is 140 cm³/mol. The van der Waals surface area contributed by atoms with Gasteiger partial charge in [0.2, 0.25) is 0 Å². The van der Waals surface area contributed by atoms with Crippen LogP contribution in [0, 0.1) is 5.82 Å². The molecular formula is C26H31F2N5O5S. The highest BCUT2D eigenvalue weighted by molar-refractivity contribution is 7.87. The van der Waals surface area contributed by atoms with Crippen LogP contribution in [-0.4, -0.2) is 73.1 Å². The van der Waals surface area contributed by atoms with E-state index in [1.165, 1.54) is 22.7 Å². The number of nitrogens with one attached hydrogen (secondary N) is 1. The minimum absolute atomic E-state index is 0.00568. The van der Waals surface area contributed by atoms with Gasteiger partial charge in [-0.25, -0.2) is 18.5 Å². The number of carbonyl (C=O) groups excluding carboxylic acids is 1. The summed E-state index contributed by atoms with van der Waals surface area (Å²) < 4.78 is 70.6. The summed E-state index contributed by atoms with van der Waals surface area (Å²) in [7, 11) is -4.04. The number of benzene rings is 1. The summed E-state index contributed by atoms with van der Waals surface area (Å²) in [6, 6.07) is 7.11. The van der Waals surface area contributed by atoms with Crippen molar-refractivity contribution in [3.8, 4) is 5.75 Å². The lowest BCUT2D eigenvalue weighted by Gasteiger charge is -2.29. The van der Waals surface area contributed by atoms with Gasteiger partial charge in [0.25, 0.3) is 5.91 Å². The molecule has 0 aliphatic carbocycles. The van der Waals surface area contributed by atoms with E-state index < -0.39 is 34.1 Å². The Morgan fingerprint density at radius 1 is 1.26 bits per heavy atom. The Hall–Kier alpha value is -3.29.